The topological polar surface area (TPSA) is 80.3 Å². The van der Waals surface area contributed by atoms with E-state index in [2.05, 4.69) is 20.1 Å². The van der Waals surface area contributed by atoms with Gasteiger partial charge in [0.1, 0.15) is 6.04 Å². The molecule has 1 amide bonds. The fourth-order valence-corrected chi connectivity index (χ4v) is 3.53. The second-order valence-corrected chi connectivity index (χ2v) is 7.19. The molecule has 26 heavy (non-hydrogen) atoms. The summed E-state index contributed by atoms with van der Waals surface area (Å²) in [4.78, 5) is 21.7. The zero-order chi connectivity index (χ0) is 17.9. The van der Waals surface area contributed by atoms with Crippen LogP contribution in [0.4, 0.5) is 0 Å². The molecule has 2 fully saturated rings. The van der Waals surface area contributed by atoms with Gasteiger partial charge >= 0.3 is 0 Å². The molecule has 3 heterocycles. The number of hydrogen-bond donors (Lipinski definition) is 0. The second kappa shape index (κ2) is 7.57. The first-order valence-electron chi connectivity index (χ1n) is 9.57. The van der Waals surface area contributed by atoms with Crippen LogP contribution in [0.15, 0.2) is 23.0 Å². The highest BCUT2D eigenvalue weighted by atomic mass is 16.5. The highest BCUT2D eigenvalue weighted by molar-refractivity contribution is 5.80. The summed E-state index contributed by atoms with van der Waals surface area (Å²) >= 11 is 0. The molecular weight excluding hydrogens is 332 g/mol. The van der Waals surface area contributed by atoms with Gasteiger partial charge < -0.3 is 9.42 Å². The van der Waals surface area contributed by atoms with Gasteiger partial charge in [-0.05, 0) is 31.7 Å². The zero-order valence-corrected chi connectivity index (χ0v) is 15.3. The SMILES string of the molecule is CCC(C(=O)N1CCCN(Cc2nc(C3CC3)no2)CC1)n1cccn1. The Bertz CT molecular complexity index is 724. The Hall–Kier alpha value is -2.22. The molecule has 1 saturated heterocycles. The van der Waals surface area contributed by atoms with Gasteiger partial charge in [0.2, 0.25) is 11.8 Å². The Kier molecular flexibility index (Phi) is 5.01. The van der Waals surface area contributed by atoms with Gasteiger partial charge in [0.25, 0.3) is 0 Å². The predicted octanol–water partition coefficient (Wildman–Crippen LogP) is 1.83. The molecule has 2 aliphatic rings. The van der Waals surface area contributed by atoms with E-state index in [1.807, 2.05) is 24.1 Å². The van der Waals surface area contributed by atoms with Crippen LogP contribution in [0, 0.1) is 0 Å². The molecule has 0 N–H and O–H groups in total. The Morgan fingerprint density at radius 2 is 2.19 bits per heavy atom. The number of carbonyl (C=O) groups excluding carboxylic acids is 1. The molecule has 1 atom stereocenters. The lowest BCUT2D eigenvalue weighted by Crippen LogP contribution is -2.39. The molecule has 1 aliphatic heterocycles. The van der Waals surface area contributed by atoms with E-state index in [0.717, 1.165) is 44.8 Å². The lowest BCUT2D eigenvalue weighted by molar-refractivity contribution is -0.135. The quantitative estimate of drug-likeness (QED) is 0.784. The average Bonchev–Trinajstić information content (AvgIpc) is 3.25. The Labute approximate surface area is 153 Å². The number of rotatable bonds is 6. The largest absolute Gasteiger partial charge is 0.340 e. The van der Waals surface area contributed by atoms with Crippen molar-refractivity contribution in [3.05, 3.63) is 30.2 Å². The number of aromatic nitrogens is 4. The van der Waals surface area contributed by atoms with Crippen LogP contribution < -0.4 is 0 Å². The van der Waals surface area contributed by atoms with Gasteiger partial charge in [0, 0.05) is 44.5 Å². The summed E-state index contributed by atoms with van der Waals surface area (Å²) in [5.41, 5.74) is 0. The molecule has 140 valence electrons. The maximum absolute atomic E-state index is 12.9. The summed E-state index contributed by atoms with van der Waals surface area (Å²) in [6.45, 7) is 5.95. The molecule has 1 aliphatic carbocycles. The number of nitrogens with zero attached hydrogens (tertiary/aromatic N) is 6. The van der Waals surface area contributed by atoms with Crippen molar-refractivity contribution in [1.29, 1.82) is 0 Å². The van der Waals surface area contributed by atoms with Crippen molar-refractivity contribution in [2.45, 2.75) is 51.1 Å². The van der Waals surface area contributed by atoms with Crippen molar-refractivity contribution in [2.75, 3.05) is 26.2 Å². The fourth-order valence-electron chi connectivity index (χ4n) is 3.53. The van der Waals surface area contributed by atoms with Crippen LogP contribution >= 0.6 is 0 Å². The van der Waals surface area contributed by atoms with Crippen molar-refractivity contribution < 1.29 is 9.32 Å². The van der Waals surface area contributed by atoms with E-state index in [-0.39, 0.29) is 11.9 Å². The van der Waals surface area contributed by atoms with Gasteiger partial charge in [-0.2, -0.15) is 10.1 Å². The highest BCUT2D eigenvalue weighted by Gasteiger charge is 2.30. The van der Waals surface area contributed by atoms with Crippen molar-refractivity contribution in [3.63, 3.8) is 0 Å². The first kappa shape index (κ1) is 17.2. The third kappa shape index (κ3) is 3.80. The molecule has 1 saturated carbocycles. The third-order valence-corrected chi connectivity index (χ3v) is 5.20. The monoisotopic (exact) mass is 358 g/mol. The fraction of sp³-hybridized carbons (Fsp3) is 0.667. The van der Waals surface area contributed by atoms with Crippen LogP contribution in [0.2, 0.25) is 0 Å². The van der Waals surface area contributed by atoms with Gasteiger partial charge in [-0.25, -0.2) is 0 Å². The average molecular weight is 358 g/mol. The first-order valence-corrected chi connectivity index (χ1v) is 9.57. The summed E-state index contributed by atoms with van der Waals surface area (Å²) in [5.74, 6) is 2.22. The maximum atomic E-state index is 12.9. The van der Waals surface area contributed by atoms with Crippen molar-refractivity contribution in [3.8, 4) is 0 Å². The molecule has 2 aromatic rings. The van der Waals surface area contributed by atoms with Crippen molar-refractivity contribution >= 4 is 5.91 Å². The normalized spacial score (nSPS) is 20.1. The van der Waals surface area contributed by atoms with Crippen LogP contribution in [0.3, 0.4) is 0 Å². The second-order valence-electron chi connectivity index (χ2n) is 7.19. The van der Waals surface area contributed by atoms with E-state index in [9.17, 15) is 4.79 Å². The summed E-state index contributed by atoms with van der Waals surface area (Å²) in [5, 5.41) is 8.34. The third-order valence-electron chi connectivity index (χ3n) is 5.20. The molecule has 8 heteroatoms. The van der Waals surface area contributed by atoms with E-state index in [1.54, 1.807) is 10.9 Å². The highest BCUT2D eigenvalue weighted by Crippen LogP contribution is 2.38. The van der Waals surface area contributed by atoms with Gasteiger partial charge in [-0.3, -0.25) is 14.4 Å². The molecule has 0 aromatic carbocycles. The minimum absolute atomic E-state index is 0.159. The standard InChI is InChI=1S/C18H26N6O2/c1-2-15(24-10-3-7-19-24)18(25)23-9-4-8-22(11-12-23)13-16-20-17(21-26-16)14-5-6-14/h3,7,10,14-15H,2,4-6,8-9,11-13H2,1H3. The predicted molar refractivity (Wildman–Crippen MR) is 94.3 cm³/mol. The molecular formula is C18H26N6O2. The maximum Gasteiger partial charge on any atom is 0.247 e. The Balaban J connectivity index is 1.34. The lowest BCUT2D eigenvalue weighted by atomic mass is 10.2. The molecule has 4 rings (SSSR count). The summed E-state index contributed by atoms with van der Waals surface area (Å²) in [6.07, 6.45) is 7.63. The lowest BCUT2D eigenvalue weighted by Gasteiger charge is -2.26. The van der Waals surface area contributed by atoms with Gasteiger partial charge in [0.05, 0.1) is 6.54 Å². The molecule has 0 spiro atoms. The minimum atomic E-state index is -0.214. The first-order chi connectivity index (χ1) is 12.7. The number of amides is 1. The van der Waals surface area contributed by atoms with E-state index >= 15 is 0 Å². The molecule has 0 radical (unpaired) electrons. The smallest absolute Gasteiger partial charge is 0.247 e. The number of carbonyl (C=O) groups is 1. The van der Waals surface area contributed by atoms with Crippen molar-refractivity contribution in [1.82, 2.24) is 29.7 Å². The van der Waals surface area contributed by atoms with E-state index in [4.69, 9.17) is 4.52 Å². The zero-order valence-electron chi connectivity index (χ0n) is 15.3. The van der Waals surface area contributed by atoms with E-state index < -0.39 is 0 Å². The number of hydrogen-bond acceptors (Lipinski definition) is 6. The van der Waals surface area contributed by atoms with E-state index in [0.29, 0.717) is 18.4 Å². The van der Waals surface area contributed by atoms with Crippen LogP contribution in [-0.4, -0.2) is 61.8 Å². The Morgan fingerprint density at radius 3 is 2.92 bits per heavy atom. The summed E-state index contributed by atoms with van der Waals surface area (Å²) in [7, 11) is 0. The molecule has 0 bridgehead atoms. The van der Waals surface area contributed by atoms with Crippen LogP contribution in [0.25, 0.3) is 0 Å². The van der Waals surface area contributed by atoms with E-state index in [1.165, 1.54) is 12.8 Å². The Morgan fingerprint density at radius 1 is 1.31 bits per heavy atom. The van der Waals surface area contributed by atoms with Crippen LogP contribution in [0.1, 0.15) is 56.3 Å². The van der Waals surface area contributed by atoms with Gasteiger partial charge in [0.15, 0.2) is 5.82 Å². The van der Waals surface area contributed by atoms with Crippen LogP contribution in [-0.2, 0) is 11.3 Å². The molecule has 2 aromatic heterocycles. The molecule has 1 unspecified atom stereocenters. The van der Waals surface area contributed by atoms with Crippen molar-refractivity contribution in [2.24, 2.45) is 0 Å². The summed E-state index contributed by atoms with van der Waals surface area (Å²) < 4.78 is 7.16. The molecule has 8 nitrogen and oxygen atoms in total. The summed E-state index contributed by atoms with van der Waals surface area (Å²) in [6, 6.07) is 1.65. The minimum Gasteiger partial charge on any atom is -0.340 e. The van der Waals surface area contributed by atoms with Gasteiger partial charge in [-0.15, -0.1) is 0 Å². The van der Waals surface area contributed by atoms with Gasteiger partial charge in [-0.1, -0.05) is 12.1 Å². The van der Waals surface area contributed by atoms with Crippen LogP contribution in [0.5, 0.6) is 0 Å².